The second kappa shape index (κ2) is 7.33. The first kappa shape index (κ1) is 16.8. The molecule has 6 heteroatoms. The van der Waals surface area contributed by atoms with E-state index in [1.165, 1.54) is 0 Å². The van der Waals surface area contributed by atoms with E-state index in [4.69, 9.17) is 4.74 Å². The van der Waals surface area contributed by atoms with Crippen LogP contribution in [0.3, 0.4) is 0 Å². The maximum Gasteiger partial charge on any atom is 0.255 e. The lowest BCUT2D eigenvalue weighted by Crippen LogP contribution is -2.37. The van der Waals surface area contributed by atoms with Crippen molar-refractivity contribution in [2.24, 2.45) is 0 Å². The Hall–Kier alpha value is -2.60. The van der Waals surface area contributed by atoms with Crippen LogP contribution >= 0.6 is 11.3 Å². The highest BCUT2D eigenvalue weighted by atomic mass is 32.1. The molecule has 0 aliphatic carbocycles. The minimum atomic E-state index is -0.0729. The normalized spacial score (nSPS) is 16.8. The van der Waals surface area contributed by atoms with E-state index in [0.29, 0.717) is 17.9 Å². The molecule has 0 bridgehead atoms. The Labute approximate surface area is 156 Å². The molecule has 1 aliphatic rings. The third-order valence-electron chi connectivity index (χ3n) is 4.63. The van der Waals surface area contributed by atoms with E-state index in [1.807, 2.05) is 54.9 Å². The topological polar surface area (TPSA) is 54.5 Å². The maximum atomic E-state index is 13.1. The highest BCUT2D eigenvalue weighted by Gasteiger charge is 2.27. The van der Waals surface area contributed by atoms with Crippen LogP contribution in [0.5, 0.6) is 5.75 Å². The summed E-state index contributed by atoms with van der Waals surface area (Å²) in [6.45, 7) is 4.15. The molecule has 1 saturated heterocycles. The highest BCUT2D eigenvalue weighted by Crippen LogP contribution is 2.29. The predicted octanol–water partition coefficient (Wildman–Crippen LogP) is 3.70. The summed E-state index contributed by atoms with van der Waals surface area (Å²) >= 11 is 1.63. The number of ether oxygens (including phenoxy) is 1. The summed E-state index contributed by atoms with van der Waals surface area (Å²) in [6, 6.07) is 11.9. The summed E-state index contributed by atoms with van der Waals surface area (Å²) in [7, 11) is 0. The summed E-state index contributed by atoms with van der Waals surface area (Å²) in [5.74, 6) is 0.565. The van der Waals surface area contributed by atoms with Crippen molar-refractivity contribution in [1.29, 1.82) is 0 Å². The zero-order valence-corrected chi connectivity index (χ0v) is 15.5. The van der Waals surface area contributed by atoms with Crippen LogP contribution in [0.15, 0.2) is 48.0 Å². The van der Waals surface area contributed by atoms with Crippen LogP contribution in [-0.2, 0) is 0 Å². The third kappa shape index (κ3) is 3.24. The molecule has 1 aromatic heterocycles. The van der Waals surface area contributed by atoms with Gasteiger partial charge in [-0.1, -0.05) is 30.3 Å². The second-order valence-electron chi connectivity index (χ2n) is 6.31. The van der Waals surface area contributed by atoms with Crippen LogP contribution in [0.25, 0.3) is 10.8 Å². The molecule has 2 heterocycles. The average molecular weight is 367 g/mol. The molecule has 5 nitrogen and oxygen atoms in total. The van der Waals surface area contributed by atoms with Crippen LogP contribution in [-0.4, -0.2) is 36.6 Å². The van der Waals surface area contributed by atoms with Crippen molar-refractivity contribution in [2.45, 2.75) is 19.4 Å². The van der Waals surface area contributed by atoms with Crippen molar-refractivity contribution in [1.82, 2.24) is 10.3 Å². The van der Waals surface area contributed by atoms with Crippen LogP contribution < -0.4 is 15.0 Å². The molecule has 2 aromatic carbocycles. The minimum absolute atomic E-state index is 0.0729. The highest BCUT2D eigenvalue weighted by molar-refractivity contribution is 7.13. The molecule has 1 aliphatic heterocycles. The molecule has 0 radical (unpaired) electrons. The number of amides is 1. The number of hydrogen-bond acceptors (Lipinski definition) is 5. The summed E-state index contributed by atoms with van der Waals surface area (Å²) in [5, 5.41) is 8.15. The first-order chi connectivity index (χ1) is 12.8. The van der Waals surface area contributed by atoms with Gasteiger partial charge in [-0.3, -0.25) is 4.79 Å². The number of nitrogens with zero attached hydrogens (tertiary/aromatic N) is 2. The van der Waals surface area contributed by atoms with Gasteiger partial charge in [0.1, 0.15) is 5.75 Å². The Bertz CT molecular complexity index is 911. The zero-order chi connectivity index (χ0) is 17.9. The number of thiazole rings is 1. The lowest BCUT2D eigenvalue weighted by atomic mass is 10.0. The first-order valence-electron chi connectivity index (χ1n) is 8.86. The minimum Gasteiger partial charge on any atom is -0.493 e. The van der Waals surface area contributed by atoms with Crippen molar-refractivity contribution in [3.63, 3.8) is 0 Å². The molecular weight excluding hydrogens is 346 g/mol. The van der Waals surface area contributed by atoms with E-state index < -0.39 is 0 Å². The largest absolute Gasteiger partial charge is 0.493 e. The number of rotatable bonds is 5. The van der Waals surface area contributed by atoms with Gasteiger partial charge >= 0.3 is 0 Å². The molecule has 1 N–H and O–H groups in total. The van der Waals surface area contributed by atoms with Gasteiger partial charge in [-0.25, -0.2) is 4.98 Å². The Kier molecular flexibility index (Phi) is 4.75. The average Bonchev–Trinajstić information content (AvgIpc) is 3.33. The van der Waals surface area contributed by atoms with E-state index >= 15 is 0 Å². The van der Waals surface area contributed by atoms with Gasteiger partial charge in [0.15, 0.2) is 5.13 Å². The number of benzene rings is 2. The molecule has 0 spiro atoms. The van der Waals surface area contributed by atoms with Gasteiger partial charge in [0.05, 0.1) is 12.2 Å². The van der Waals surface area contributed by atoms with E-state index in [1.54, 1.807) is 11.3 Å². The Balaban J connectivity index is 1.57. The van der Waals surface area contributed by atoms with Crippen LogP contribution in [0.1, 0.15) is 23.7 Å². The van der Waals surface area contributed by atoms with Gasteiger partial charge in [0.25, 0.3) is 5.91 Å². The molecular formula is C20H21N3O2S. The Morgan fingerprint density at radius 3 is 3.04 bits per heavy atom. The van der Waals surface area contributed by atoms with Crippen LogP contribution in [0, 0.1) is 0 Å². The van der Waals surface area contributed by atoms with E-state index in [2.05, 4.69) is 15.2 Å². The third-order valence-corrected chi connectivity index (χ3v) is 5.46. The number of nitrogens with one attached hydrogen (secondary N) is 1. The maximum absolute atomic E-state index is 13.1. The van der Waals surface area contributed by atoms with Gasteiger partial charge in [0.2, 0.25) is 0 Å². The van der Waals surface area contributed by atoms with E-state index in [9.17, 15) is 4.79 Å². The van der Waals surface area contributed by atoms with Gasteiger partial charge < -0.3 is 15.0 Å². The molecule has 134 valence electrons. The number of hydrogen-bond donors (Lipinski definition) is 1. The van der Waals surface area contributed by atoms with Crippen molar-refractivity contribution in [2.75, 3.05) is 24.6 Å². The summed E-state index contributed by atoms with van der Waals surface area (Å²) < 4.78 is 5.73. The molecule has 3 aromatic rings. The summed E-state index contributed by atoms with van der Waals surface area (Å²) in [6.07, 6.45) is 2.73. The molecule has 0 saturated carbocycles. The SMILES string of the molecule is CCOc1ccc2ccccc2c1C(=O)NC1CCN(c2nccs2)C1. The van der Waals surface area contributed by atoms with Crippen molar-refractivity contribution < 1.29 is 9.53 Å². The second-order valence-corrected chi connectivity index (χ2v) is 7.19. The lowest BCUT2D eigenvalue weighted by molar-refractivity contribution is 0.0938. The summed E-state index contributed by atoms with van der Waals surface area (Å²) in [4.78, 5) is 19.7. The fraction of sp³-hybridized carbons (Fsp3) is 0.300. The van der Waals surface area contributed by atoms with Crippen LogP contribution in [0.4, 0.5) is 5.13 Å². The molecule has 26 heavy (non-hydrogen) atoms. The number of anilines is 1. The lowest BCUT2D eigenvalue weighted by Gasteiger charge is -2.18. The number of fused-ring (bicyclic) bond motifs is 1. The van der Waals surface area contributed by atoms with Gasteiger partial charge in [-0.05, 0) is 30.2 Å². The van der Waals surface area contributed by atoms with E-state index in [0.717, 1.165) is 35.4 Å². The first-order valence-corrected chi connectivity index (χ1v) is 9.74. The fourth-order valence-corrected chi connectivity index (χ4v) is 4.12. The zero-order valence-electron chi connectivity index (χ0n) is 14.6. The van der Waals surface area contributed by atoms with Crippen molar-refractivity contribution in [3.05, 3.63) is 53.5 Å². The van der Waals surface area contributed by atoms with Crippen LogP contribution in [0.2, 0.25) is 0 Å². The van der Waals surface area contributed by atoms with Gasteiger partial charge in [-0.2, -0.15) is 0 Å². The van der Waals surface area contributed by atoms with Gasteiger partial charge in [-0.15, -0.1) is 11.3 Å². The summed E-state index contributed by atoms with van der Waals surface area (Å²) in [5.41, 5.74) is 0.623. The number of carbonyl (C=O) groups is 1. The Morgan fingerprint density at radius 2 is 2.23 bits per heavy atom. The smallest absolute Gasteiger partial charge is 0.255 e. The molecule has 1 fully saturated rings. The van der Waals surface area contributed by atoms with Crippen molar-refractivity contribution in [3.8, 4) is 5.75 Å². The molecule has 1 unspecified atom stereocenters. The monoisotopic (exact) mass is 367 g/mol. The fourth-order valence-electron chi connectivity index (χ4n) is 3.44. The Morgan fingerprint density at radius 1 is 1.35 bits per heavy atom. The van der Waals surface area contributed by atoms with Crippen molar-refractivity contribution >= 4 is 33.1 Å². The molecule has 4 rings (SSSR count). The van der Waals surface area contributed by atoms with E-state index in [-0.39, 0.29) is 11.9 Å². The standard InChI is InChI=1S/C20H21N3O2S/c1-2-25-17-8-7-14-5-3-4-6-16(14)18(17)19(24)22-15-9-11-23(13-15)20-21-10-12-26-20/h3-8,10,12,15H,2,9,11,13H2,1H3,(H,22,24). The predicted molar refractivity (Wildman–Crippen MR) is 105 cm³/mol. The molecule has 1 atom stereocenters. The quantitative estimate of drug-likeness (QED) is 0.747. The molecule has 1 amide bonds. The number of aromatic nitrogens is 1. The number of carbonyl (C=O) groups excluding carboxylic acids is 1. The van der Waals surface area contributed by atoms with Gasteiger partial charge in [0, 0.05) is 30.7 Å².